The van der Waals surface area contributed by atoms with E-state index in [1.165, 1.54) is 11.3 Å². The minimum atomic E-state index is -0.942. The monoisotopic (exact) mass is 361 g/mol. The molecule has 1 fully saturated rings. The molecule has 2 atom stereocenters. The number of nitrogens with one attached hydrogen (secondary N) is 1. The smallest absolute Gasteiger partial charge is 0.307 e. The van der Waals surface area contributed by atoms with Gasteiger partial charge in [-0.3, -0.25) is 9.59 Å². The van der Waals surface area contributed by atoms with Crippen LogP contribution in [-0.4, -0.2) is 34.3 Å². The number of hydrogen-bond acceptors (Lipinski definition) is 6. The predicted molar refractivity (Wildman–Crippen MR) is 92.7 cm³/mol. The Hall–Kier alpha value is -2.48. The highest BCUT2D eigenvalue weighted by atomic mass is 32.1. The van der Waals surface area contributed by atoms with Gasteiger partial charge in [0.25, 0.3) is 0 Å². The lowest BCUT2D eigenvalue weighted by atomic mass is 10.1. The summed E-state index contributed by atoms with van der Waals surface area (Å²) in [5, 5.41) is 21.1. The molecule has 0 spiro atoms. The number of carbonyl (C=O) groups excluding carboxylic acids is 1. The third-order valence-electron chi connectivity index (χ3n) is 4.59. The predicted octanol–water partition coefficient (Wildman–Crippen LogP) is 2.43. The summed E-state index contributed by atoms with van der Waals surface area (Å²) >= 11 is 1.29. The minimum absolute atomic E-state index is 0.315. The Kier molecular flexibility index (Phi) is 4.47. The maximum atomic E-state index is 12.3. The lowest BCUT2D eigenvalue weighted by molar-refractivity contribution is -0.140. The van der Waals surface area contributed by atoms with E-state index in [1.54, 1.807) is 21.0 Å². The van der Waals surface area contributed by atoms with Gasteiger partial charge in [-0.1, -0.05) is 37.3 Å². The molecule has 3 rings (SSSR count). The van der Waals surface area contributed by atoms with Crippen molar-refractivity contribution >= 4 is 28.3 Å². The van der Waals surface area contributed by atoms with E-state index in [1.807, 2.05) is 24.3 Å². The van der Waals surface area contributed by atoms with Crippen molar-refractivity contribution in [1.82, 2.24) is 10.2 Å². The van der Waals surface area contributed by atoms with E-state index in [0.29, 0.717) is 11.6 Å². The molecule has 1 heterocycles. The first-order chi connectivity index (χ1) is 11.8. The van der Waals surface area contributed by atoms with Gasteiger partial charge in [0.05, 0.1) is 18.9 Å². The number of methoxy groups -OCH3 is 1. The molecule has 132 valence electrons. The van der Waals surface area contributed by atoms with Crippen molar-refractivity contribution in [3.05, 3.63) is 34.8 Å². The quantitative estimate of drug-likeness (QED) is 0.819. The number of anilines is 1. The molecule has 25 heavy (non-hydrogen) atoms. The van der Waals surface area contributed by atoms with Crippen molar-refractivity contribution < 1.29 is 19.4 Å². The SMILES string of the molecule is COc1ccc(Cc2nnc(NC(=O)C3C(C(=O)O)C3(C)C)s2)cc1. The first-order valence-corrected chi connectivity index (χ1v) is 8.63. The summed E-state index contributed by atoms with van der Waals surface area (Å²) in [6.45, 7) is 3.57. The van der Waals surface area contributed by atoms with E-state index in [9.17, 15) is 9.59 Å². The Morgan fingerprint density at radius 3 is 2.48 bits per heavy atom. The number of carbonyl (C=O) groups is 2. The maximum Gasteiger partial charge on any atom is 0.307 e. The summed E-state index contributed by atoms with van der Waals surface area (Å²) in [6.07, 6.45) is 0.601. The molecule has 1 amide bonds. The third-order valence-corrected chi connectivity index (χ3v) is 5.43. The summed E-state index contributed by atoms with van der Waals surface area (Å²) in [5.74, 6) is -1.67. The van der Waals surface area contributed by atoms with E-state index in [-0.39, 0.29) is 5.91 Å². The molecule has 7 nitrogen and oxygen atoms in total. The van der Waals surface area contributed by atoms with E-state index < -0.39 is 23.2 Å². The molecule has 1 saturated carbocycles. The summed E-state index contributed by atoms with van der Waals surface area (Å²) < 4.78 is 5.12. The van der Waals surface area contributed by atoms with Gasteiger partial charge >= 0.3 is 5.97 Å². The van der Waals surface area contributed by atoms with Crippen LogP contribution >= 0.6 is 11.3 Å². The molecule has 2 aromatic rings. The zero-order chi connectivity index (χ0) is 18.2. The summed E-state index contributed by atoms with van der Waals surface area (Å²) in [4.78, 5) is 23.5. The molecule has 1 aromatic heterocycles. The molecule has 2 unspecified atom stereocenters. The van der Waals surface area contributed by atoms with Crippen LogP contribution in [0.2, 0.25) is 0 Å². The highest BCUT2D eigenvalue weighted by molar-refractivity contribution is 7.15. The number of amides is 1. The van der Waals surface area contributed by atoms with Crippen molar-refractivity contribution in [2.45, 2.75) is 20.3 Å². The minimum Gasteiger partial charge on any atom is -0.497 e. The first-order valence-electron chi connectivity index (χ1n) is 7.82. The van der Waals surface area contributed by atoms with Crippen LogP contribution in [0.4, 0.5) is 5.13 Å². The molecule has 0 bridgehead atoms. The standard InChI is InChI=1S/C17H19N3O4S/c1-17(2)12(13(17)15(22)23)14(21)18-16-20-19-11(25-16)8-9-4-6-10(24-3)7-5-9/h4-7,12-13H,8H2,1-3H3,(H,22,23)(H,18,20,21). The van der Waals surface area contributed by atoms with Crippen LogP contribution < -0.4 is 10.1 Å². The van der Waals surface area contributed by atoms with Crippen LogP contribution in [0.1, 0.15) is 24.4 Å². The fraction of sp³-hybridized carbons (Fsp3) is 0.412. The molecule has 0 radical (unpaired) electrons. The Balaban J connectivity index is 1.62. The molecule has 1 aliphatic rings. The lowest BCUT2D eigenvalue weighted by Gasteiger charge is -2.02. The number of aliphatic carboxylic acids is 1. The topological polar surface area (TPSA) is 101 Å². The molecule has 2 N–H and O–H groups in total. The van der Waals surface area contributed by atoms with Crippen molar-refractivity contribution in [1.29, 1.82) is 0 Å². The number of ether oxygens (including phenoxy) is 1. The van der Waals surface area contributed by atoms with Gasteiger partial charge in [0.2, 0.25) is 11.0 Å². The van der Waals surface area contributed by atoms with Crippen molar-refractivity contribution in [2.75, 3.05) is 12.4 Å². The highest BCUT2D eigenvalue weighted by Crippen LogP contribution is 2.58. The summed E-state index contributed by atoms with van der Waals surface area (Å²) in [5.41, 5.74) is 0.524. The average molecular weight is 361 g/mol. The van der Waals surface area contributed by atoms with Crippen LogP contribution in [-0.2, 0) is 16.0 Å². The first kappa shape index (κ1) is 17.3. The number of benzene rings is 1. The van der Waals surface area contributed by atoms with Crippen molar-refractivity contribution in [3.63, 3.8) is 0 Å². The zero-order valence-corrected chi connectivity index (χ0v) is 15.0. The van der Waals surface area contributed by atoms with Crippen molar-refractivity contribution in [3.8, 4) is 5.75 Å². The normalized spacial score (nSPS) is 20.8. The van der Waals surface area contributed by atoms with Crippen LogP contribution in [0.5, 0.6) is 5.75 Å². The number of nitrogens with zero attached hydrogens (tertiary/aromatic N) is 2. The van der Waals surface area contributed by atoms with E-state index >= 15 is 0 Å². The van der Waals surface area contributed by atoms with E-state index in [4.69, 9.17) is 9.84 Å². The zero-order valence-electron chi connectivity index (χ0n) is 14.1. The maximum absolute atomic E-state index is 12.3. The molecular weight excluding hydrogens is 342 g/mol. The van der Waals surface area contributed by atoms with Crippen LogP contribution in [0.3, 0.4) is 0 Å². The average Bonchev–Trinajstić information content (AvgIpc) is 2.91. The molecule has 0 aliphatic heterocycles. The van der Waals surface area contributed by atoms with Crippen LogP contribution in [0, 0.1) is 17.3 Å². The molecular formula is C17H19N3O4S. The molecule has 0 saturated heterocycles. The Morgan fingerprint density at radius 2 is 1.92 bits per heavy atom. The fourth-order valence-electron chi connectivity index (χ4n) is 3.06. The second kappa shape index (κ2) is 6.44. The highest BCUT2D eigenvalue weighted by Gasteiger charge is 2.66. The summed E-state index contributed by atoms with van der Waals surface area (Å²) in [7, 11) is 1.62. The largest absolute Gasteiger partial charge is 0.497 e. The number of carboxylic acid groups (broad SMARTS) is 1. The Morgan fingerprint density at radius 1 is 1.24 bits per heavy atom. The second-order valence-electron chi connectivity index (χ2n) is 6.63. The van der Waals surface area contributed by atoms with Gasteiger partial charge in [-0.25, -0.2) is 0 Å². The molecule has 8 heteroatoms. The third kappa shape index (κ3) is 3.48. The number of hydrogen-bond donors (Lipinski definition) is 2. The fourth-order valence-corrected chi connectivity index (χ4v) is 3.84. The van der Waals surface area contributed by atoms with Gasteiger partial charge in [-0.05, 0) is 23.1 Å². The Bertz CT molecular complexity index is 800. The lowest BCUT2D eigenvalue weighted by Crippen LogP contribution is -2.17. The number of rotatable bonds is 6. The van der Waals surface area contributed by atoms with Crippen molar-refractivity contribution in [2.24, 2.45) is 17.3 Å². The molecule has 1 aromatic carbocycles. The van der Waals surface area contributed by atoms with Gasteiger partial charge in [-0.2, -0.15) is 0 Å². The number of carboxylic acids is 1. The van der Waals surface area contributed by atoms with Gasteiger partial charge in [0, 0.05) is 6.42 Å². The Labute approximate surface area is 149 Å². The summed E-state index contributed by atoms with van der Waals surface area (Å²) in [6, 6.07) is 7.64. The van der Waals surface area contributed by atoms with Gasteiger partial charge in [-0.15, -0.1) is 10.2 Å². The van der Waals surface area contributed by atoms with Gasteiger partial charge < -0.3 is 15.2 Å². The van der Waals surface area contributed by atoms with E-state index in [2.05, 4.69) is 15.5 Å². The van der Waals surface area contributed by atoms with E-state index in [0.717, 1.165) is 16.3 Å². The molecule has 1 aliphatic carbocycles. The van der Waals surface area contributed by atoms with Gasteiger partial charge in [0.15, 0.2) is 0 Å². The van der Waals surface area contributed by atoms with Crippen LogP contribution in [0.15, 0.2) is 24.3 Å². The number of aromatic nitrogens is 2. The van der Waals surface area contributed by atoms with Crippen LogP contribution in [0.25, 0.3) is 0 Å². The van der Waals surface area contributed by atoms with Gasteiger partial charge in [0.1, 0.15) is 10.8 Å². The second-order valence-corrected chi connectivity index (χ2v) is 7.69.